The van der Waals surface area contributed by atoms with Gasteiger partial charge in [-0.05, 0) is 29.1 Å². The molecule has 0 atom stereocenters. The molecule has 0 fully saturated rings. The zero-order chi connectivity index (χ0) is 15.0. The number of hydrogen-bond acceptors (Lipinski definition) is 2. The van der Waals surface area contributed by atoms with Crippen molar-refractivity contribution in [2.45, 2.75) is 0 Å². The summed E-state index contributed by atoms with van der Waals surface area (Å²) in [6, 6.07) is 21.1. The summed E-state index contributed by atoms with van der Waals surface area (Å²) in [6.07, 6.45) is 1.87. The van der Waals surface area contributed by atoms with E-state index < -0.39 is 0 Å². The summed E-state index contributed by atoms with van der Waals surface area (Å²) in [5.74, 6) is 0. The van der Waals surface area contributed by atoms with Crippen LogP contribution >= 0.6 is 0 Å². The minimum atomic E-state index is 0.929. The van der Waals surface area contributed by atoms with Crippen LogP contribution in [0, 0.1) is 0 Å². The maximum Gasteiger partial charge on any atom is 0.136 e. The number of fused-ring (bicyclic) bond motifs is 3. The van der Waals surface area contributed by atoms with Crippen LogP contribution in [0.4, 0.5) is 0 Å². The Morgan fingerprint density at radius 3 is 2.43 bits per heavy atom. The van der Waals surface area contributed by atoms with Crippen molar-refractivity contribution >= 4 is 32.7 Å². The van der Waals surface area contributed by atoms with E-state index in [1.807, 2.05) is 24.4 Å². The third-order valence-electron chi connectivity index (χ3n) is 4.86. The first-order valence-corrected chi connectivity index (χ1v) is 7.74. The zero-order valence-electron chi connectivity index (χ0n) is 12.2. The van der Waals surface area contributed by atoms with Crippen LogP contribution in [0.2, 0.25) is 0 Å². The van der Waals surface area contributed by atoms with Crippen molar-refractivity contribution in [1.29, 1.82) is 0 Å². The predicted molar refractivity (Wildman–Crippen MR) is 93.5 cm³/mol. The van der Waals surface area contributed by atoms with Crippen LogP contribution < -0.4 is 0 Å². The molecule has 5 aromatic rings. The summed E-state index contributed by atoms with van der Waals surface area (Å²) >= 11 is 0. The van der Waals surface area contributed by atoms with Gasteiger partial charge in [-0.25, -0.2) is 0 Å². The van der Waals surface area contributed by atoms with Crippen LogP contribution in [-0.4, -0.2) is 4.98 Å². The van der Waals surface area contributed by atoms with E-state index in [-0.39, 0.29) is 0 Å². The summed E-state index contributed by atoms with van der Waals surface area (Å²) in [4.78, 5) is 4.70. The number of benzene rings is 3. The van der Waals surface area contributed by atoms with Crippen LogP contribution in [0.3, 0.4) is 0 Å². The number of hydrogen-bond donors (Lipinski definition) is 0. The molecule has 0 unspecified atom stereocenters. The highest BCUT2D eigenvalue weighted by molar-refractivity contribution is 6.28. The maximum atomic E-state index is 6.12. The normalized spacial score (nSPS) is 12.3. The molecule has 0 bridgehead atoms. The van der Waals surface area contributed by atoms with E-state index in [0.29, 0.717) is 0 Å². The van der Waals surface area contributed by atoms with Crippen molar-refractivity contribution in [3.05, 3.63) is 66.9 Å². The van der Waals surface area contributed by atoms with Gasteiger partial charge in [-0.2, -0.15) is 0 Å². The molecule has 0 saturated carbocycles. The van der Waals surface area contributed by atoms with Crippen LogP contribution in [-0.2, 0) is 0 Å². The molecule has 23 heavy (non-hydrogen) atoms. The molecule has 3 aromatic carbocycles. The Morgan fingerprint density at radius 2 is 1.43 bits per heavy atom. The highest BCUT2D eigenvalue weighted by Crippen LogP contribution is 2.47. The van der Waals surface area contributed by atoms with Gasteiger partial charge < -0.3 is 4.42 Å². The van der Waals surface area contributed by atoms with Gasteiger partial charge in [0.1, 0.15) is 11.2 Å². The second-order valence-electron chi connectivity index (χ2n) is 6.02. The van der Waals surface area contributed by atoms with E-state index >= 15 is 0 Å². The van der Waals surface area contributed by atoms with Gasteiger partial charge in [0.15, 0.2) is 0 Å². The molecule has 2 heterocycles. The average Bonchev–Trinajstić information content (AvgIpc) is 2.94. The lowest BCUT2D eigenvalue weighted by molar-refractivity contribution is 0.669. The second kappa shape index (κ2) is 3.79. The van der Waals surface area contributed by atoms with Gasteiger partial charge in [0, 0.05) is 33.5 Å². The molecule has 0 radical (unpaired) electrons. The van der Waals surface area contributed by atoms with Gasteiger partial charge in [-0.15, -0.1) is 0 Å². The molecule has 2 heteroatoms. The van der Waals surface area contributed by atoms with Crippen molar-refractivity contribution in [3.63, 3.8) is 0 Å². The molecule has 1 aliphatic rings. The van der Waals surface area contributed by atoms with Gasteiger partial charge in [-0.3, -0.25) is 4.98 Å². The molecule has 0 N–H and O–H groups in total. The van der Waals surface area contributed by atoms with Crippen molar-refractivity contribution in [1.82, 2.24) is 4.98 Å². The first-order valence-electron chi connectivity index (χ1n) is 7.74. The van der Waals surface area contributed by atoms with E-state index in [1.165, 1.54) is 32.7 Å². The molecule has 1 aliphatic carbocycles. The first-order chi connectivity index (χ1) is 11.4. The standard InChI is InChI=1S/C21H11NO/c1-4-12-9-10-17-20-18(12)13(5-1)14-7-3-11-22-21(14)15-6-2-8-16(23-17)19(15)20/h1-11H. The fraction of sp³-hybridized carbons (Fsp3) is 0. The van der Waals surface area contributed by atoms with Crippen molar-refractivity contribution in [3.8, 4) is 22.4 Å². The lowest BCUT2D eigenvalue weighted by Crippen LogP contribution is -1.88. The Labute approximate surface area is 132 Å². The summed E-state index contributed by atoms with van der Waals surface area (Å²) in [5.41, 5.74) is 6.48. The molecule has 2 aromatic heterocycles. The number of pyridine rings is 1. The first kappa shape index (κ1) is 11.4. The van der Waals surface area contributed by atoms with Crippen LogP contribution in [0.5, 0.6) is 0 Å². The van der Waals surface area contributed by atoms with Crippen LogP contribution in [0.25, 0.3) is 55.1 Å². The zero-order valence-corrected chi connectivity index (χ0v) is 12.2. The van der Waals surface area contributed by atoms with E-state index in [9.17, 15) is 0 Å². The summed E-state index contributed by atoms with van der Waals surface area (Å²) in [6.45, 7) is 0. The Kier molecular flexibility index (Phi) is 1.89. The third-order valence-corrected chi connectivity index (χ3v) is 4.86. The van der Waals surface area contributed by atoms with Crippen molar-refractivity contribution < 1.29 is 4.42 Å². The molecule has 0 spiro atoms. The lowest BCUT2D eigenvalue weighted by Gasteiger charge is -2.09. The van der Waals surface area contributed by atoms with Crippen molar-refractivity contribution in [2.75, 3.05) is 0 Å². The topological polar surface area (TPSA) is 26.0 Å². The summed E-state index contributed by atoms with van der Waals surface area (Å²) < 4.78 is 6.12. The number of furan rings is 1. The Balaban J connectivity index is 2.08. The van der Waals surface area contributed by atoms with E-state index in [4.69, 9.17) is 9.40 Å². The smallest absolute Gasteiger partial charge is 0.136 e. The maximum absolute atomic E-state index is 6.12. The van der Waals surface area contributed by atoms with Crippen LogP contribution in [0.1, 0.15) is 0 Å². The molecule has 106 valence electrons. The molecule has 0 amide bonds. The van der Waals surface area contributed by atoms with E-state index in [1.54, 1.807) is 0 Å². The lowest BCUT2D eigenvalue weighted by atomic mass is 9.96. The minimum absolute atomic E-state index is 0.929. The second-order valence-corrected chi connectivity index (χ2v) is 6.02. The van der Waals surface area contributed by atoms with E-state index in [2.05, 4.69) is 42.5 Å². The van der Waals surface area contributed by atoms with Gasteiger partial charge in [0.25, 0.3) is 0 Å². The van der Waals surface area contributed by atoms with E-state index in [0.717, 1.165) is 22.4 Å². The van der Waals surface area contributed by atoms with Crippen molar-refractivity contribution in [2.24, 2.45) is 0 Å². The number of rotatable bonds is 0. The molecule has 0 saturated heterocycles. The Bertz CT molecular complexity index is 1240. The number of aromatic nitrogens is 1. The van der Waals surface area contributed by atoms with Gasteiger partial charge >= 0.3 is 0 Å². The van der Waals surface area contributed by atoms with Crippen LogP contribution in [0.15, 0.2) is 71.3 Å². The Hall–Kier alpha value is -3.13. The molecule has 0 aliphatic heterocycles. The highest BCUT2D eigenvalue weighted by atomic mass is 16.3. The fourth-order valence-electron chi connectivity index (χ4n) is 3.94. The quantitative estimate of drug-likeness (QED) is 0.355. The Morgan fingerprint density at radius 1 is 0.609 bits per heavy atom. The third kappa shape index (κ3) is 1.28. The summed E-state index contributed by atoms with van der Waals surface area (Å²) in [7, 11) is 0. The average molecular weight is 293 g/mol. The van der Waals surface area contributed by atoms with Gasteiger partial charge in [-0.1, -0.05) is 42.5 Å². The molecular formula is C21H11NO. The summed E-state index contributed by atoms with van der Waals surface area (Å²) in [5, 5.41) is 4.90. The predicted octanol–water partition coefficient (Wildman–Crippen LogP) is 5.78. The highest BCUT2D eigenvalue weighted by Gasteiger charge is 2.23. The monoisotopic (exact) mass is 293 g/mol. The van der Waals surface area contributed by atoms with Gasteiger partial charge in [0.05, 0.1) is 5.69 Å². The minimum Gasteiger partial charge on any atom is -0.456 e. The van der Waals surface area contributed by atoms with Gasteiger partial charge in [0.2, 0.25) is 0 Å². The number of nitrogens with zero attached hydrogens (tertiary/aromatic N) is 1. The molecular weight excluding hydrogens is 282 g/mol. The molecule has 6 rings (SSSR count). The SMILES string of the molecule is c1cnc2c(c1)-c1cccc3ccc4oc5cccc-2c5c4c13. The fourth-order valence-corrected chi connectivity index (χ4v) is 3.94. The largest absolute Gasteiger partial charge is 0.456 e. The molecule has 2 nitrogen and oxygen atoms in total.